The first-order valence-electron chi connectivity index (χ1n) is 11.8. The number of non-ortho nitro benzene ring substituents is 1. The third-order valence-electron chi connectivity index (χ3n) is 7.63. The van der Waals surface area contributed by atoms with Gasteiger partial charge in [-0.05, 0) is 55.0 Å². The molecule has 0 spiro atoms. The van der Waals surface area contributed by atoms with Crippen LogP contribution in [-0.2, 0) is 10.0 Å². The van der Waals surface area contributed by atoms with Crippen LogP contribution in [0.5, 0.6) is 0 Å². The molecule has 0 amide bonds. The van der Waals surface area contributed by atoms with Gasteiger partial charge in [0.2, 0.25) is 10.0 Å². The lowest BCUT2D eigenvalue weighted by atomic mass is 9.77. The maximum Gasteiger partial charge on any atom is 0.269 e. The number of nitro groups is 1. The van der Waals surface area contributed by atoms with Crippen LogP contribution in [0.1, 0.15) is 61.6 Å². The number of nitro benzene ring substituents is 1. The minimum Gasteiger partial charge on any atom is -0.378 e. The number of halogens is 1. The monoisotopic (exact) mass is 501 g/mol. The number of rotatable bonds is 5. The van der Waals surface area contributed by atoms with Gasteiger partial charge in [0.05, 0.1) is 15.9 Å². The van der Waals surface area contributed by atoms with Crippen LogP contribution in [-0.4, -0.2) is 30.7 Å². The van der Waals surface area contributed by atoms with E-state index in [9.17, 15) is 18.5 Å². The highest BCUT2D eigenvalue weighted by molar-refractivity contribution is 7.89. The summed E-state index contributed by atoms with van der Waals surface area (Å²) in [6, 6.07) is 9.63. The molecule has 7 nitrogen and oxygen atoms in total. The fourth-order valence-corrected chi connectivity index (χ4v) is 7.42. The molecule has 1 N–H and O–H groups in total. The Hall–Kier alpha value is -2.42. The smallest absolute Gasteiger partial charge is 0.269 e. The molecule has 5 rings (SSSR count). The van der Waals surface area contributed by atoms with Gasteiger partial charge < -0.3 is 5.32 Å². The second-order valence-corrected chi connectivity index (χ2v) is 11.9. The van der Waals surface area contributed by atoms with Gasteiger partial charge in [0.15, 0.2) is 0 Å². The average molecular weight is 502 g/mol. The van der Waals surface area contributed by atoms with Crippen LogP contribution in [0.3, 0.4) is 0 Å². The lowest BCUT2D eigenvalue weighted by Gasteiger charge is -2.38. The lowest BCUT2D eigenvalue weighted by Crippen LogP contribution is -2.38. The zero-order chi connectivity index (χ0) is 24.0. The van der Waals surface area contributed by atoms with E-state index < -0.39 is 14.9 Å². The summed E-state index contributed by atoms with van der Waals surface area (Å²) in [7, 11) is -1.91. The quantitative estimate of drug-likeness (QED) is 0.307. The van der Waals surface area contributed by atoms with Crippen molar-refractivity contribution in [3.05, 3.63) is 74.8 Å². The highest BCUT2D eigenvalue weighted by Gasteiger charge is 2.40. The van der Waals surface area contributed by atoms with Crippen molar-refractivity contribution < 1.29 is 13.3 Å². The Bertz CT molecular complexity index is 1260. The molecule has 3 unspecified atom stereocenters. The Morgan fingerprint density at radius 2 is 1.85 bits per heavy atom. The van der Waals surface area contributed by atoms with Gasteiger partial charge in [0.25, 0.3) is 5.69 Å². The number of anilines is 1. The standard InChI is InChI=1S/C25H28ClN3O4S/c1-28(16-6-3-2-4-7-16)34(32,33)18-11-13-24-21(15-18)19-8-5-9-20(19)25(27-24)22-14-17(29(30)31)10-12-23(22)26/h5,8,10-16,19-20,25,27H,2-4,6-7,9H2,1H3. The first kappa shape index (κ1) is 23.3. The molecule has 2 aliphatic carbocycles. The molecule has 2 aromatic rings. The van der Waals surface area contributed by atoms with Crippen LogP contribution in [0.4, 0.5) is 11.4 Å². The zero-order valence-electron chi connectivity index (χ0n) is 19.0. The molecular formula is C25H28ClN3O4S. The van der Waals surface area contributed by atoms with Crippen molar-refractivity contribution in [3.8, 4) is 0 Å². The number of nitrogens with one attached hydrogen (secondary N) is 1. The summed E-state index contributed by atoms with van der Waals surface area (Å²) in [5, 5.41) is 15.3. The zero-order valence-corrected chi connectivity index (χ0v) is 20.6. The van der Waals surface area contributed by atoms with Gasteiger partial charge in [-0.3, -0.25) is 10.1 Å². The third-order valence-corrected chi connectivity index (χ3v) is 9.88. The molecule has 9 heteroatoms. The van der Waals surface area contributed by atoms with Crippen LogP contribution in [0.2, 0.25) is 5.02 Å². The molecule has 3 aliphatic rings. The van der Waals surface area contributed by atoms with E-state index in [1.165, 1.54) is 12.5 Å². The molecule has 0 saturated heterocycles. The number of hydrogen-bond acceptors (Lipinski definition) is 5. The Balaban J connectivity index is 1.50. The molecule has 1 saturated carbocycles. The largest absolute Gasteiger partial charge is 0.378 e. The van der Waals surface area contributed by atoms with E-state index in [1.807, 2.05) is 6.07 Å². The van der Waals surface area contributed by atoms with E-state index in [4.69, 9.17) is 11.6 Å². The number of benzene rings is 2. The number of nitrogens with zero attached hydrogens (tertiary/aromatic N) is 2. The van der Waals surface area contributed by atoms with E-state index in [1.54, 1.807) is 35.6 Å². The second-order valence-electron chi connectivity index (χ2n) is 9.50. The first-order chi connectivity index (χ1) is 16.3. The number of sulfonamides is 1. The van der Waals surface area contributed by atoms with Crippen molar-refractivity contribution in [1.29, 1.82) is 0 Å². The molecule has 3 atom stereocenters. The van der Waals surface area contributed by atoms with Crippen LogP contribution in [0.15, 0.2) is 53.4 Å². The molecule has 0 bridgehead atoms. The minimum atomic E-state index is -3.60. The van der Waals surface area contributed by atoms with Crippen molar-refractivity contribution in [2.75, 3.05) is 12.4 Å². The van der Waals surface area contributed by atoms with Gasteiger partial charge in [-0.15, -0.1) is 0 Å². The molecule has 34 heavy (non-hydrogen) atoms. The van der Waals surface area contributed by atoms with Crippen LogP contribution < -0.4 is 5.32 Å². The Morgan fingerprint density at radius 1 is 1.09 bits per heavy atom. The Labute approximate surface area is 205 Å². The molecular weight excluding hydrogens is 474 g/mol. The van der Waals surface area contributed by atoms with E-state index in [0.29, 0.717) is 15.5 Å². The summed E-state index contributed by atoms with van der Waals surface area (Å²) in [6.45, 7) is 0. The van der Waals surface area contributed by atoms with Crippen molar-refractivity contribution in [1.82, 2.24) is 4.31 Å². The first-order valence-corrected chi connectivity index (χ1v) is 13.6. The Kier molecular flexibility index (Phi) is 6.16. The maximum absolute atomic E-state index is 13.4. The maximum atomic E-state index is 13.4. The van der Waals surface area contributed by atoms with Crippen molar-refractivity contribution in [2.24, 2.45) is 5.92 Å². The highest BCUT2D eigenvalue weighted by atomic mass is 35.5. The van der Waals surface area contributed by atoms with Crippen molar-refractivity contribution in [3.63, 3.8) is 0 Å². The van der Waals surface area contributed by atoms with Gasteiger partial charge >= 0.3 is 0 Å². The minimum absolute atomic E-state index is 0.00157. The summed E-state index contributed by atoms with van der Waals surface area (Å²) in [5.41, 5.74) is 2.46. The number of hydrogen-bond donors (Lipinski definition) is 1. The average Bonchev–Trinajstić information content (AvgIpc) is 3.34. The molecule has 180 valence electrons. The third kappa shape index (κ3) is 4.01. The fraction of sp³-hybridized carbons (Fsp3) is 0.440. The summed E-state index contributed by atoms with van der Waals surface area (Å²) < 4.78 is 28.4. The fourth-order valence-electron chi connectivity index (χ4n) is 5.73. The topological polar surface area (TPSA) is 92.5 Å². The van der Waals surface area contributed by atoms with E-state index in [0.717, 1.165) is 43.4 Å². The van der Waals surface area contributed by atoms with Crippen LogP contribution >= 0.6 is 11.6 Å². The lowest BCUT2D eigenvalue weighted by molar-refractivity contribution is -0.384. The Morgan fingerprint density at radius 3 is 2.59 bits per heavy atom. The number of allylic oxidation sites excluding steroid dienone is 2. The SMILES string of the molecule is CN(C1CCCCC1)S(=O)(=O)c1ccc2c(c1)C1C=CCC1C(c1cc([N+](=O)[O-])ccc1Cl)N2. The van der Waals surface area contributed by atoms with Crippen LogP contribution in [0, 0.1) is 16.0 Å². The second kappa shape index (κ2) is 8.98. The van der Waals surface area contributed by atoms with E-state index in [2.05, 4.69) is 17.5 Å². The molecule has 0 aromatic heterocycles. The summed E-state index contributed by atoms with van der Waals surface area (Å²) >= 11 is 6.48. The normalized spacial score (nSPS) is 24.5. The summed E-state index contributed by atoms with van der Waals surface area (Å²) in [6.07, 6.45) is 10.1. The molecule has 2 aromatic carbocycles. The molecule has 0 radical (unpaired) electrons. The van der Waals surface area contributed by atoms with E-state index in [-0.39, 0.29) is 29.6 Å². The van der Waals surface area contributed by atoms with Gasteiger partial charge in [-0.25, -0.2) is 8.42 Å². The van der Waals surface area contributed by atoms with Crippen molar-refractivity contribution in [2.45, 2.75) is 61.4 Å². The van der Waals surface area contributed by atoms with E-state index >= 15 is 0 Å². The molecule has 1 heterocycles. The molecule has 1 fully saturated rings. The van der Waals surface area contributed by atoms with Gasteiger partial charge in [0, 0.05) is 47.4 Å². The van der Waals surface area contributed by atoms with Gasteiger partial charge in [-0.2, -0.15) is 4.31 Å². The highest BCUT2D eigenvalue weighted by Crippen LogP contribution is 2.51. The van der Waals surface area contributed by atoms with Crippen molar-refractivity contribution >= 4 is 33.0 Å². The predicted octanol–water partition coefficient (Wildman–Crippen LogP) is 6.03. The summed E-state index contributed by atoms with van der Waals surface area (Å²) in [4.78, 5) is 11.2. The van der Waals surface area contributed by atoms with Gasteiger partial charge in [0.1, 0.15) is 0 Å². The number of fused-ring (bicyclic) bond motifs is 3. The molecule has 1 aliphatic heterocycles. The van der Waals surface area contributed by atoms with Crippen LogP contribution in [0.25, 0.3) is 0 Å². The van der Waals surface area contributed by atoms with Gasteiger partial charge in [-0.1, -0.05) is 43.0 Å². The summed E-state index contributed by atoms with van der Waals surface area (Å²) in [5.74, 6) is 0.0905. The predicted molar refractivity (Wildman–Crippen MR) is 133 cm³/mol.